The number of hydrogen-bond donors (Lipinski definition) is 2. The van der Waals surface area contributed by atoms with E-state index in [1.165, 1.54) is 7.11 Å². The number of carbonyl (C=O) groups is 1. The highest BCUT2D eigenvalue weighted by molar-refractivity contribution is 5.79. The molecule has 0 saturated heterocycles. The summed E-state index contributed by atoms with van der Waals surface area (Å²) in [6, 6.07) is 6.77. The number of phenols is 1. The van der Waals surface area contributed by atoms with Crippen LogP contribution in [-0.4, -0.2) is 31.8 Å². The third-order valence-electron chi connectivity index (χ3n) is 2.21. The number of hydrogen-bond acceptors (Lipinski definition) is 4. The molecule has 0 bridgehead atoms. The first-order valence-electron chi connectivity index (χ1n) is 4.71. The van der Waals surface area contributed by atoms with Gasteiger partial charge >= 0.3 is 5.97 Å². The van der Waals surface area contributed by atoms with Gasteiger partial charge < -0.3 is 15.2 Å². The summed E-state index contributed by atoms with van der Waals surface area (Å²) in [7, 11) is 3.08. The minimum atomic E-state index is -0.471. The topological polar surface area (TPSA) is 58.6 Å². The van der Waals surface area contributed by atoms with Crippen LogP contribution in [0.4, 0.5) is 0 Å². The van der Waals surface area contributed by atoms with Gasteiger partial charge in [-0.15, -0.1) is 0 Å². The predicted molar refractivity (Wildman–Crippen MR) is 56.8 cm³/mol. The molecule has 0 aliphatic rings. The number of esters is 1. The van der Waals surface area contributed by atoms with E-state index < -0.39 is 5.92 Å². The van der Waals surface area contributed by atoms with E-state index in [-0.39, 0.29) is 11.7 Å². The van der Waals surface area contributed by atoms with Gasteiger partial charge in [0.15, 0.2) is 0 Å². The monoisotopic (exact) mass is 209 g/mol. The summed E-state index contributed by atoms with van der Waals surface area (Å²) < 4.78 is 4.68. The molecule has 82 valence electrons. The molecule has 0 amide bonds. The summed E-state index contributed by atoms with van der Waals surface area (Å²) in [5, 5.41) is 12.5. The number of phenolic OH excluding ortho intramolecular Hbond substituents is 1. The highest BCUT2D eigenvalue weighted by Crippen LogP contribution is 2.25. The largest absolute Gasteiger partial charge is 0.508 e. The van der Waals surface area contributed by atoms with E-state index in [2.05, 4.69) is 10.1 Å². The molecule has 0 aromatic heterocycles. The van der Waals surface area contributed by atoms with E-state index in [1.54, 1.807) is 31.3 Å². The quantitative estimate of drug-likeness (QED) is 0.722. The molecule has 0 spiro atoms. The number of likely N-dealkylation sites (N-methyl/N-ethyl adjacent to an activating group) is 1. The van der Waals surface area contributed by atoms with Gasteiger partial charge in [0.05, 0.1) is 13.0 Å². The van der Waals surface area contributed by atoms with Gasteiger partial charge in [0.25, 0.3) is 0 Å². The Morgan fingerprint density at radius 3 is 2.73 bits per heavy atom. The van der Waals surface area contributed by atoms with Crippen molar-refractivity contribution in [3.63, 3.8) is 0 Å². The summed E-state index contributed by atoms with van der Waals surface area (Å²) in [4.78, 5) is 11.5. The lowest BCUT2D eigenvalue weighted by Crippen LogP contribution is -2.25. The van der Waals surface area contributed by atoms with Gasteiger partial charge in [0.2, 0.25) is 0 Å². The Morgan fingerprint density at radius 2 is 2.20 bits per heavy atom. The smallest absolute Gasteiger partial charge is 0.314 e. The summed E-state index contributed by atoms with van der Waals surface area (Å²) in [6.45, 7) is 0.435. The van der Waals surface area contributed by atoms with Gasteiger partial charge in [-0.25, -0.2) is 0 Å². The molecule has 0 aliphatic carbocycles. The van der Waals surface area contributed by atoms with Crippen molar-refractivity contribution >= 4 is 5.97 Å². The Bertz CT molecular complexity index is 338. The van der Waals surface area contributed by atoms with Crippen molar-refractivity contribution in [1.29, 1.82) is 0 Å². The number of aromatic hydroxyl groups is 1. The van der Waals surface area contributed by atoms with E-state index in [0.717, 1.165) is 0 Å². The van der Waals surface area contributed by atoms with E-state index >= 15 is 0 Å². The van der Waals surface area contributed by atoms with Crippen molar-refractivity contribution in [2.24, 2.45) is 0 Å². The molecule has 1 aromatic rings. The first-order chi connectivity index (χ1) is 7.20. The summed E-state index contributed by atoms with van der Waals surface area (Å²) in [6.07, 6.45) is 0. The third-order valence-corrected chi connectivity index (χ3v) is 2.21. The normalized spacial score (nSPS) is 12.1. The molecule has 15 heavy (non-hydrogen) atoms. The van der Waals surface area contributed by atoms with Crippen molar-refractivity contribution in [2.45, 2.75) is 5.92 Å². The molecule has 4 heteroatoms. The molecular weight excluding hydrogens is 194 g/mol. The van der Waals surface area contributed by atoms with Crippen LogP contribution in [0.15, 0.2) is 24.3 Å². The van der Waals surface area contributed by atoms with Crippen LogP contribution < -0.4 is 5.32 Å². The maximum Gasteiger partial charge on any atom is 0.314 e. The first kappa shape index (κ1) is 11.5. The molecule has 0 heterocycles. The van der Waals surface area contributed by atoms with E-state index in [4.69, 9.17) is 0 Å². The number of carbonyl (C=O) groups excluding carboxylic acids is 1. The highest BCUT2D eigenvalue weighted by Gasteiger charge is 2.22. The third kappa shape index (κ3) is 2.70. The van der Waals surface area contributed by atoms with Crippen LogP contribution in [0, 0.1) is 0 Å². The standard InChI is InChI=1S/C11H15NO3/c1-12-7-9(11(14)15-2)8-5-3-4-6-10(8)13/h3-6,9,12-13H,7H2,1-2H3. The van der Waals surface area contributed by atoms with E-state index in [1.807, 2.05) is 0 Å². The minimum Gasteiger partial charge on any atom is -0.508 e. The van der Waals surface area contributed by atoms with Crippen LogP contribution in [0.1, 0.15) is 11.5 Å². The summed E-state index contributed by atoms with van der Waals surface area (Å²) >= 11 is 0. The fraction of sp³-hybridized carbons (Fsp3) is 0.364. The molecule has 1 unspecified atom stereocenters. The Kier molecular flexibility index (Phi) is 4.12. The summed E-state index contributed by atoms with van der Waals surface area (Å²) in [5.41, 5.74) is 0.582. The molecule has 0 saturated carbocycles. The zero-order valence-electron chi connectivity index (χ0n) is 8.86. The Morgan fingerprint density at radius 1 is 1.53 bits per heavy atom. The number of rotatable bonds is 4. The van der Waals surface area contributed by atoms with Crippen LogP contribution in [0.25, 0.3) is 0 Å². The zero-order valence-corrected chi connectivity index (χ0v) is 8.86. The van der Waals surface area contributed by atoms with Gasteiger partial charge in [-0.3, -0.25) is 4.79 Å². The molecule has 0 radical (unpaired) electrons. The van der Waals surface area contributed by atoms with Gasteiger partial charge in [-0.05, 0) is 13.1 Å². The molecule has 1 rings (SSSR count). The number of para-hydroxylation sites is 1. The second-order valence-electron chi connectivity index (χ2n) is 3.19. The number of benzene rings is 1. The fourth-order valence-corrected chi connectivity index (χ4v) is 1.45. The number of methoxy groups -OCH3 is 1. The van der Waals surface area contributed by atoms with Gasteiger partial charge in [0, 0.05) is 12.1 Å². The molecule has 0 aliphatic heterocycles. The van der Waals surface area contributed by atoms with Crippen molar-refractivity contribution in [3.05, 3.63) is 29.8 Å². The maximum atomic E-state index is 11.5. The molecule has 1 aromatic carbocycles. The number of ether oxygens (including phenoxy) is 1. The molecule has 2 N–H and O–H groups in total. The van der Waals surface area contributed by atoms with Gasteiger partial charge in [-0.2, -0.15) is 0 Å². The Balaban J connectivity index is 2.98. The van der Waals surface area contributed by atoms with Crippen molar-refractivity contribution in [1.82, 2.24) is 5.32 Å². The number of nitrogens with one attached hydrogen (secondary N) is 1. The SMILES string of the molecule is CNCC(C(=O)OC)c1ccccc1O. The second-order valence-corrected chi connectivity index (χ2v) is 3.19. The van der Waals surface area contributed by atoms with Crippen LogP contribution in [0.2, 0.25) is 0 Å². The summed E-state index contributed by atoms with van der Waals surface area (Å²) in [5.74, 6) is -0.713. The second kappa shape index (κ2) is 5.36. The lowest BCUT2D eigenvalue weighted by atomic mass is 9.98. The van der Waals surface area contributed by atoms with Crippen LogP contribution in [0.3, 0.4) is 0 Å². The Hall–Kier alpha value is -1.55. The van der Waals surface area contributed by atoms with Crippen LogP contribution in [-0.2, 0) is 9.53 Å². The van der Waals surface area contributed by atoms with Crippen molar-refractivity contribution < 1.29 is 14.6 Å². The van der Waals surface area contributed by atoms with E-state index in [9.17, 15) is 9.90 Å². The average molecular weight is 209 g/mol. The lowest BCUT2D eigenvalue weighted by molar-refractivity contribution is -0.142. The van der Waals surface area contributed by atoms with Crippen LogP contribution >= 0.6 is 0 Å². The van der Waals surface area contributed by atoms with E-state index in [0.29, 0.717) is 12.1 Å². The highest BCUT2D eigenvalue weighted by atomic mass is 16.5. The predicted octanol–water partition coefficient (Wildman–Crippen LogP) is 0.868. The lowest BCUT2D eigenvalue weighted by Gasteiger charge is -2.15. The van der Waals surface area contributed by atoms with Gasteiger partial charge in [-0.1, -0.05) is 18.2 Å². The molecular formula is C11H15NO3. The molecule has 4 nitrogen and oxygen atoms in total. The maximum absolute atomic E-state index is 11.5. The Labute approximate surface area is 88.9 Å². The first-order valence-corrected chi connectivity index (χ1v) is 4.71. The van der Waals surface area contributed by atoms with Crippen molar-refractivity contribution in [2.75, 3.05) is 20.7 Å². The van der Waals surface area contributed by atoms with Gasteiger partial charge in [0.1, 0.15) is 5.75 Å². The molecule has 1 atom stereocenters. The van der Waals surface area contributed by atoms with Crippen LogP contribution in [0.5, 0.6) is 5.75 Å². The average Bonchev–Trinajstić information content (AvgIpc) is 2.26. The molecule has 0 fully saturated rings. The van der Waals surface area contributed by atoms with Crippen molar-refractivity contribution in [3.8, 4) is 5.75 Å². The zero-order chi connectivity index (χ0) is 11.3. The minimum absolute atomic E-state index is 0.114. The fourth-order valence-electron chi connectivity index (χ4n) is 1.45.